The van der Waals surface area contributed by atoms with E-state index in [0.717, 1.165) is 11.0 Å². The molecule has 60 valence electrons. The first-order chi connectivity index (χ1) is 5.27. The van der Waals surface area contributed by atoms with Gasteiger partial charge in [-0.25, -0.2) is 0 Å². The van der Waals surface area contributed by atoms with Gasteiger partial charge in [0.25, 0.3) is 0 Å². The summed E-state index contributed by atoms with van der Waals surface area (Å²) in [5.74, 6) is 0.258. The number of hydrogen-bond acceptors (Lipinski definition) is 2. The van der Waals surface area contributed by atoms with Gasteiger partial charge in [0, 0.05) is 25.2 Å². The summed E-state index contributed by atoms with van der Waals surface area (Å²) in [6.45, 7) is 1.12. The first-order valence-electron chi connectivity index (χ1n) is 3.93. The summed E-state index contributed by atoms with van der Waals surface area (Å²) >= 11 is 3.26. The van der Waals surface area contributed by atoms with E-state index < -0.39 is 0 Å². The highest BCUT2D eigenvalue weighted by Crippen LogP contribution is 2.28. The lowest BCUT2D eigenvalue weighted by Gasteiger charge is -2.26. The number of ketones is 1. The Morgan fingerprint density at radius 3 is 3.27 bits per heavy atom. The van der Waals surface area contributed by atoms with E-state index in [4.69, 9.17) is 0 Å². The SMILES string of the molecule is O=C1C[C@H]2CCCN2C=C1Br. The Morgan fingerprint density at radius 2 is 2.45 bits per heavy atom. The highest BCUT2D eigenvalue weighted by Gasteiger charge is 2.29. The third-order valence-corrected chi connectivity index (χ3v) is 3.04. The number of carbonyl (C=O) groups is 1. The number of hydrogen-bond donors (Lipinski definition) is 0. The summed E-state index contributed by atoms with van der Waals surface area (Å²) in [7, 11) is 0. The summed E-state index contributed by atoms with van der Waals surface area (Å²) in [4.78, 5) is 13.5. The second kappa shape index (κ2) is 2.63. The minimum absolute atomic E-state index is 0.258. The number of nitrogens with zero attached hydrogens (tertiary/aromatic N) is 1. The van der Waals surface area contributed by atoms with Crippen LogP contribution >= 0.6 is 15.9 Å². The summed E-state index contributed by atoms with van der Waals surface area (Å²) in [6.07, 6.45) is 5.07. The molecule has 11 heavy (non-hydrogen) atoms. The Balaban J connectivity index is 2.23. The predicted octanol–water partition coefficient (Wildman–Crippen LogP) is 1.66. The smallest absolute Gasteiger partial charge is 0.173 e. The summed E-state index contributed by atoms with van der Waals surface area (Å²) in [6, 6.07) is 0.504. The van der Waals surface area contributed by atoms with Crippen molar-refractivity contribution in [2.75, 3.05) is 6.54 Å². The Labute approximate surface area is 74.4 Å². The van der Waals surface area contributed by atoms with Crippen molar-refractivity contribution in [2.24, 2.45) is 0 Å². The van der Waals surface area contributed by atoms with Gasteiger partial charge in [0.1, 0.15) is 0 Å². The number of halogens is 1. The molecular weight excluding hydrogens is 206 g/mol. The monoisotopic (exact) mass is 215 g/mol. The maximum Gasteiger partial charge on any atom is 0.173 e. The number of allylic oxidation sites excluding steroid dienone is 1. The van der Waals surface area contributed by atoms with Crippen LogP contribution < -0.4 is 0 Å². The first-order valence-corrected chi connectivity index (χ1v) is 4.73. The van der Waals surface area contributed by atoms with E-state index in [9.17, 15) is 4.79 Å². The molecule has 0 aromatic rings. The third kappa shape index (κ3) is 1.22. The normalized spacial score (nSPS) is 30.3. The van der Waals surface area contributed by atoms with Crippen LogP contribution in [0.5, 0.6) is 0 Å². The minimum atomic E-state index is 0.258. The van der Waals surface area contributed by atoms with Crippen molar-refractivity contribution in [3.05, 3.63) is 10.7 Å². The Morgan fingerprint density at radius 1 is 1.64 bits per heavy atom. The van der Waals surface area contributed by atoms with Crippen LogP contribution in [0.1, 0.15) is 19.3 Å². The van der Waals surface area contributed by atoms with Gasteiger partial charge in [0.15, 0.2) is 5.78 Å². The average molecular weight is 216 g/mol. The number of fused-ring (bicyclic) bond motifs is 1. The van der Waals surface area contributed by atoms with Crippen LogP contribution in [0.2, 0.25) is 0 Å². The lowest BCUT2D eigenvalue weighted by atomic mass is 10.1. The van der Waals surface area contributed by atoms with Crippen molar-refractivity contribution in [3.63, 3.8) is 0 Å². The van der Waals surface area contributed by atoms with Gasteiger partial charge >= 0.3 is 0 Å². The van der Waals surface area contributed by atoms with Gasteiger partial charge in [-0.1, -0.05) is 0 Å². The summed E-state index contributed by atoms with van der Waals surface area (Å²) in [5.41, 5.74) is 0. The summed E-state index contributed by atoms with van der Waals surface area (Å²) < 4.78 is 0.746. The number of Topliss-reactive ketones (excluding diaryl/α,β-unsaturated/α-hetero) is 1. The zero-order valence-corrected chi connectivity index (χ0v) is 7.80. The van der Waals surface area contributed by atoms with Crippen LogP contribution in [0.25, 0.3) is 0 Å². The predicted molar refractivity (Wildman–Crippen MR) is 46.4 cm³/mol. The van der Waals surface area contributed by atoms with E-state index >= 15 is 0 Å². The maximum atomic E-state index is 11.2. The highest BCUT2D eigenvalue weighted by molar-refractivity contribution is 9.12. The molecular formula is C8H10BrNO. The van der Waals surface area contributed by atoms with E-state index in [1.54, 1.807) is 0 Å². The molecule has 0 aliphatic carbocycles. The fourth-order valence-corrected chi connectivity index (χ4v) is 2.20. The van der Waals surface area contributed by atoms with E-state index in [-0.39, 0.29) is 5.78 Å². The quantitative estimate of drug-likeness (QED) is 0.613. The van der Waals surface area contributed by atoms with Crippen molar-refractivity contribution >= 4 is 21.7 Å². The molecule has 0 saturated carbocycles. The molecule has 3 heteroatoms. The largest absolute Gasteiger partial charge is 0.373 e. The molecule has 1 atom stereocenters. The molecule has 0 spiro atoms. The molecule has 1 fully saturated rings. The lowest BCUT2D eigenvalue weighted by Crippen LogP contribution is -2.31. The molecule has 0 unspecified atom stereocenters. The second-order valence-electron chi connectivity index (χ2n) is 3.14. The maximum absolute atomic E-state index is 11.2. The molecule has 1 saturated heterocycles. The van der Waals surface area contributed by atoms with Crippen LogP contribution in [-0.2, 0) is 4.79 Å². The van der Waals surface area contributed by atoms with Crippen molar-refractivity contribution in [2.45, 2.75) is 25.3 Å². The van der Waals surface area contributed by atoms with Crippen molar-refractivity contribution in [3.8, 4) is 0 Å². The fraction of sp³-hybridized carbons (Fsp3) is 0.625. The molecule has 2 aliphatic heterocycles. The van der Waals surface area contributed by atoms with E-state index in [0.29, 0.717) is 12.5 Å². The van der Waals surface area contributed by atoms with Gasteiger partial charge in [0.05, 0.1) is 4.48 Å². The zero-order valence-electron chi connectivity index (χ0n) is 6.22. The van der Waals surface area contributed by atoms with Gasteiger partial charge in [-0.2, -0.15) is 0 Å². The van der Waals surface area contributed by atoms with Gasteiger partial charge in [-0.15, -0.1) is 0 Å². The van der Waals surface area contributed by atoms with E-state index in [2.05, 4.69) is 20.8 Å². The molecule has 0 N–H and O–H groups in total. The first kappa shape index (κ1) is 7.35. The second-order valence-corrected chi connectivity index (χ2v) is 3.99. The molecule has 0 bridgehead atoms. The van der Waals surface area contributed by atoms with E-state index in [1.165, 1.54) is 12.8 Å². The molecule has 0 aromatic carbocycles. The van der Waals surface area contributed by atoms with Crippen LogP contribution in [0.3, 0.4) is 0 Å². The van der Waals surface area contributed by atoms with Crippen LogP contribution in [0, 0.1) is 0 Å². The van der Waals surface area contributed by atoms with Gasteiger partial charge in [-0.3, -0.25) is 4.79 Å². The van der Waals surface area contributed by atoms with Crippen LogP contribution in [-0.4, -0.2) is 23.3 Å². The van der Waals surface area contributed by atoms with Gasteiger partial charge < -0.3 is 4.90 Å². The summed E-state index contributed by atoms with van der Waals surface area (Å²) in [5, 5.41) is 0. The molecule has 2 rings (SSSR count). The Hall–Kier alpha value is -0.310. The molecule has 2 heterocycles. The van der Waals surface area contributed by atoms with Gasteiger partial charge in [-0.05, 0) is 28.8 Å². The minimum Gasteiger partial charge on any atom is -0.373 e. The number of carbonyl (C=O) groups excluding carboxylic acids is 1. The fourth-order valence-electron chi connectivity index (χ4n) is 1.78. The Kier molecular flexibility index (Phi) is 1.75. The average Bonchev–Trinajstić information content (AvgIpc) is 2.36. The number of rotatable bonds is 0. The lowest BCUT2D eigenvalue weighted by molar-refractivity contribution is -0.116. The van der Waals surface area contributed by atoms with Crippen molar-refractivity contribution < 1.29 is 4.79 Å². The van der Waals surface area contributed by atoms with E-state index in [1.807, 2.05) is 6.20 Å². The molecule has 0 amide bonds. The zero-order chi connectivity index (χ0) is 7.84. The third-order valence-electron chi connectivity index (χ3n) is 2.39. The van der Waals surface area contributed by atoms with Crippen molar-refractivity contribution in [1.29, 1.82) is 0 Å². The topological polar surface area (TPSA) is 20.3 Å². The molecule has 0 aromatic heterocycles. The van der Waals surface area contributed by atoms with Crippen molar-refractivity contribution in [1.82, 2.24) is 4.90 Å². The van der Waals surface area contributed by atoms with Gasteiger partial charge in [0.2, 0.25) is 0 Å². The molecule has 0 radical (unpaired) electrons. The highest BCUT2D eigenvalue weighted by atomic mass is 79.9. The molecule has 2 nitrogen and oxygen atoms in total. The standard InChI is InChI=1S/C8H10BrNO/c9-7-5-10-3-1-2-6(10)4-8(7)11/h5-6H,1-4H2/t6-/m1/s1. The van der Waals surface area contributed by atoms with Crippen LogP contribution in [0.15, 0.2) is 10.7 Å². The Bertz CT molecular complexity index is 224. The molecule has 2 aliphatic rings. The van der Waals surface area contributed by atoms with Crippen LogP contribution in [0.4, 0.5) is 0 Å².